The first-order chi connectivity index (χ1) is 12.1. The molecule has 2 rings (SSSR count). The van der Waals surface area contributed by atoms with E-state index >= 15 is 0 Å². The van der Waals surface area contributed by atoms with E-state index < -0.39 is 35.8 Å². The van der Waals surface area contributed by atoms with E-state index in [1.165, 1.54) is 0 Å². The zero-order chi connectivity index (χ0) is 19.6. The molecule has 1 heterocycles. The van der Waals surface area contributed by atoms with Crippen LogP contribution < -0.4 is 5.32 Å². The molecule has 1 aliphatic rings. The number of carbonyl (C=O) groups excluding carboxylic acids is 3. The van der Waals surface area contributed by atoms with E-state index in [2.05, 4.69) is 5.32 Å². The van der Waals surface area contributed by atoms with Crippen LogP contribution in [0.2, 0.25) is 0 Å². The standard InChI is InChI=1S/C19H24N2O5/c1-10(2)9-14(19(25)26)20-16(22)15(11(3)4)21-17(23)12-7-5-6-8-13(12)18(21)24/h5-8,10-11,14-15H,9H2,1-4H3,(H,20,22)(H,25,26)/t14-,15?/m1/s1. The summed E-state index contributed by atoms with van der Waals surface area (Å²) >= 11 is 0. The Balaban J connectivity index is 2.29. The Kier molecular flexibility index (Phi) is 5.79. The Labute approximate surface area is 152 Å². The van der Waals surface area contributed by atoms with Gasteiger partial charge in [0.25, 0.3) is 11.8 Å². The molecule has 1 aromatic rings. The van der Waals surface area contributed by atoms with Gasteiger partial charge in [-0.1, -0.05) is 39.8 Å². The number of nitrogens with one attached hydrogen (secondary N) is 1. The molecule has 0 aliphatic carbocycles. The second kappa shape index (κ2) is 7.68. The van der Waals surface area contributed by atoms with Gasteiger partial charge in [0.15, 0.2) is 0 Å². The van der Waals surface area contributed by atoms with Gasteiger partial charge in [0.2, 0.25) is 5.91 Å². The van der Waals surface area contributed by atoms with Gasteiger partial charge < -0.3 is 10.4 Å². The summed E-state index contributed by atoms with van der Waals surface area (Å²) in [6.07, 6.45) is 0.258. The Morgan fingerprint density at radius 1 is 1.04 bits per heavy atom. The maximum atomic E-state index is 12.8. The van der Waals surface area contributed by atoms with Crippen molar-refractivity contribution in [3.05, 3.63) is 35.4 Å². The number of carboxylic acid groups (broad SMARTS) is 1. The van der Waals surface area contributed by atoms with E-state index in [4.69, 9.17) is 0 Å². The van der Waals surface area contributed by atoms with Crippen molar-refractivity contribution in [3.63, 3.8) is 0 Å². The Morgan fingerprint density at radius 2 is 1.54 bits per heavy atom. The highest BCUT2D eigenvalue weighted by Gasteiger charge is 2.44. The van der Waals surface area contributed by atoms with Crippen LogP contribution in [0.4, 0.5) is 0 Å². The van der Waals surface area contributed by atoms with Crippen molar-refractivity contribution in [2.45, 2.75) is 46.2 Å². The molecule has 0 fully saturated rings. The van der Waals surface area contributed by atoms with Crippen LogP contribution in [-0.2, 0) is 9.59 Å². The first-order valence-electron chi connectivity index (χ1n) is 8.65. The van der Waals surface area contributed by atoms with Crippen LogP contribution in [-0.4, -0.2) is 45.8 Å². The zero-order valence-corrected chi connectivity index (χ0v) is 15.4. The summed E-state index contributed by atoms with van der Waals surface area (Å²) in [5.74, 6) is -3.15. The zero-order valence-electron chi connectivity index (χ0n) is 15.4. The van der Waals surface area contributed by atoms with Gasteiger partial charge in [-0.2, -0.15) is 0 Å². The number of rotatable bonds is 7. The molecule has 0 aromatic heterocycles. The fourth-order valence-electron chi connectivity index (χ4n) is 3.13. The molecular weight excluding hydrogens is 336 g/mol. The van der Waals surface area contributed by atoms with Gasteiger partial charge in [-0.05, 0) is 30.4 Å². The predicted molar refractivity (Wildman–Crippen MR) is 94.6 cm³/mol. The Hall–Kier alpha value is -2.70. The van der Waals surface area contributed by atoms with Crippen LogP contribution in [0.15, 0.2) is 24.3 Å². The summed E-state index contributed by atoms with van der Waals surface area (Å²) < 4.78 is 0. The fourth-order valence-corrected chi connectivity index (χ4v) is 3.13. The number of fused-ring (bicyclic) bond motifs is 1. The van der Waals surface area contributed by atoms with Gasteiger partial charge in [0.1, 0.15) is 12.1 Å². The average molecular weight is 360 g/mol. The molecule has 0 saturated heterocycles. The summed E-state index contributed by atoms with van der Waals surface area (Å²) in [7, 11) is 0. The van der Waals surface area contributed by atoms with E-state index in [-0.39, 0.29) is 29.4 Å². The monoisotopic (exact) mass is 360 g/mol. The van der Waals surface area contributed by atoms with Crippen LogP contribution in [0.25, 0.3) is 0 Å². The van der Waals surface area contributed by atoms with Gasteiger partial charge in [-0.3, -0.25) is 19.3 Å². The molecule has 140 valence electrons. The van der Waals surface area contributed by atoms with Gasteiger partial charge in [-0.15, -0.1) is 0 Å². The number of benzene rings is 1. The molecule has 2 atom stereocenters. The number of hydrogen-bond donors (Lipinski definition) is 2. The molecule has 1 unspecified atom stereocenters. The minimum absolute atomic E-state index is 0.0632. The number of imide groups is 1. The second-order valence-electron chi connectivity index (χ2n) is 7.24. The molecule has 1 aromatic carbocycles. The molecule has 3 amide bonds. The van der Waals surface area contributed by atoms with Crippen LogP contribution in [0, 0.1) is 11.8 Å². The number of aliphatic carboxylic acids is 1. The summed E-state index contributed by atoms with van der Waals surface area (Å²) in [5, 5.41) is 11.8. The normalized spacial score (nSPS) is 16.0. The maximum absolute atomic E-state index is 12.8. The highest BCUT2D eigenvalue weighted by Crippen LogP contribution is 2.27. The van der Waals surface area contributed by atoms with Crippen molar-refractivity contribution in [2.75, 3.05) is 0 Å². The van der Waals surface area contributed by atoms with E-state index in [0.29, 0.717) is 0 Å². The van der Waals surface area contributed by atoms with Crippen molar-refractivity contribution in [3.8, 4) is 0 Å². The molecule has 0 bridgehead atoms. The van der Waals surface area contributed by atoms with Crippen molar-refractivity contribution in [1.29, 1.82) is 0 Å². The van der Waals surface area contributed by atoms with Gasteiger partial charge >= 0.3 is 5.97 Å². The minimum atomic E-state index is -1.14. The van der Waals surface area contributed by atoms with Crippen LogP contribution in [0.5, 0.6) is 0 Å². The number of hydrogen-bond acceptors (Lipinski definition) is 4. The quantitative estimate of drug-likeness (QED) is 0.723. The molecule has 7 heteroatoms. The van der Waals surface area contributed by atoms with Crippen molar-refractivity contribution < 1.29 is 24.3 Å². The molecule has 0 saturated carbocycles. The van der Waals surface area contributed by atoms with Gasteiger partial charge in [0, 0.05) is 0 Å². The molecule has 0 spiro atoms. The number of carboxylic acids is 1. The molecule has 1 aliphatic heterocycles. The predicted octanol–water partition coefficient (Wildman–Crippen LogP) is 1.92. The molecule has 0 radical (unpaired) electrons. The van der Waals surface area contributed by atoms with Crippen molar-refractivity contribution in [2.24, 2.45) is 11.8 Å². The number of amides is 3. The highest BCUT2D eigenvalue weighted by atomic mass is 16.4. The topological polar surface area (TPSA) is 104 Å². The lowest BCUT2D eigenvalue weighted by Gasteiger charge is -2.29. The third-order valence-electron chi connectivity index (χ3n) is 4.33. The lowest BCUT2D eigenvalue weighted by atomic mass is 9.99. The lowest BCUT2D eigenvalue weighted by Crippen LogP contribution is -2.55. The first-order valence-corrected chi connectivity index (χ1v) is 8.65. The molecule has 26 heavy (non-hydrogen) atoms. The van der Waals surface area contributed by atoms with Crippen molar-refractivity contribution >= 4 is 23.7 Å². The number of carbonyl (C=O) groups is 4. The maximum Gasteiger partial charge on any atom is 0.326 e. The van der Waals surface area contributed by atoms with E-state index in [1.807, 2.05) is 13.8 Å². The van der Waals surface area contributed by atoms with Crippen LogP contribution in [0.1, 0.15) is 54.8 Å². The average Bonchev–Trinajstić information content (AvgIpc) is 2.79. The smallest absolute Gasteiger partial charge is 0.326 e. The highest BCUT2D eigenvalue weighted by molar-refractivity contribution is 6.22. The second-order valence-corrected chi connectivity index (χ2v) is 7.24. The lowest BCUT2D eigenvalue weighted by molar-refractivity contribution is -0.143. The molecule has 7 nitrogen and oxygen atoms in total. The summed E-state index contributed by atoms with van der Waals surface area (Å²) in [4.78, 5) is 50.5. The third kappa shape index (κ3) is 3.76. The SMILES string of the molecule is CC(C)C[C@@H](NC(=O)C(C(C)C)N1C(=O)c2ccccc2C1=O)C(=O)O. The fraction of sp³-hybridized carbons (Fsp3) is 0.474. The van der Waals surface area contributed by atoms with E-state index in [0.717, 1.165) is 4.90 Å². The van der Waals surface area contributed by atoms with Gasteiger partial charge in [-0.25, -0.2) is 4.79 Å². The number of nitrogens with zero attached hydrogens (tertiary/aromatic N) is 1. The van der Waals surface area contributed by atoms with Crippen LogP contribution >= 0.6 is 0 Å². The summed E-state index contributed by atoms with van der Waals surface area (Å²) in [6.45, 7) is 7.14. The molecule has 2 N–H and O–H groups in total. The largest absolute Gasteiger partial charge is 0.480 e. The molecular formula is C19H24N2O5. The van der Waals surface area contributed by atoms with Gasteiger partial charge in [0.05, 0.1) is 11.1 Å². The van der Waals surface area contributed by atoms with Crippen molar-refractivity contribution in [1.82, 2.24) is 10.2 Å². The van der Waals surface area contributed by atoms with E-state index in [1.54, 1.807) is 38.1 Å². The summed E-state index contributed by atoms with van der Waals surface area (Å²) in [5.41, 5.74) is 0.515. The van der Waals surface area contributed by atoms with Crippen LogP contribution in [0.3, 0.4) is 0 Å². The first kappa shape index (κ1) is 19.6. The minimum Gasteiger partial charge on any atom is -0.480 e. The Bertz CT molecular complexity index is 706. The Morgan fingerprint density at radius 3 is 1.92 bits per heavy atom. The summed E-state index contributed by atoms with van der Waals surface area (Å²) in [6, 6.07) is 4.26. The van der Waals surface area contributed by atoms with E-state index in [9.17, 15) is 24.3 Å². The third-order valence-corrected chi connectivity index (χ3v) is 4.33.